The maximum atomic E-state index is 12.7. The van der Waals surface area contributed by atoms with E-state index in [0.717, 1.165) is 47.5 Å². The molecule has 5 nitrogen and oxygen atoms in total. The number of hydrogen-bond acceptors (Lipinski definition) is 4. The first kappa shape index (κ1) is 20.4. The van der Waals surface area contributed by atoms with E-state index in [9.17, 15) is 4.79 Å². The fraction of sp³-hybridized carbons (Fsp3) is 0.292. The molecule has 0 saturated carbocycles. The van der Waals surface area contributed by atoms with Gasteiger partial charge >= 0.3 is 0 Å². The first-order valence-corrected chi connectivity index (χ1v) is 10.7. The lowest BCUT2D eigenvalue weighted by molar-refractivity contribution is -0.125. The van der Waals surface area contributed by atoms with E-state index in [-0.39, 0.29) is 11.8 Å². The molecule has 1 aliphatic heterocycles. The van der Waals surface area contributed by atoms with E-state index in [2.05, 4.69) is 20.2 Å². The van der Waals surface area contributed by atoms with Crippen LogP contribution in [0.3, 0.4) is 0 Å². The number of halogens is 1. The van der Waals surface area contributed by atoms with Gasteiger partial charge in [0.25, 0.3) is 0 Å². The predicted octanol–water partition coefficient (Wildman–Crippen LogP) is 4.37. The summed E-state index contributed by atoms with van der Waals surface area (Å²) in [5.74, 6) is 0.754. The quantitative estimate of drug-likeness (QED) is 0.643. The summed E-state index contributed by atoms with van der Waals surface area (Å²) in [5.41, 5.74) is 3.25. The highest BCUT2D eigenvalue weighted by Gasteiger charge is 2.26. The van der Waals surface area contributed by atoms with Crippen LogP contribution in [0.5, 0.6) is 0 Å². The number of nitrogens with zero attached hydrogens (tertiary/aromatic N) is 3. The van der Waals surface area contributed by atoms with E-state index in [1.54, 1.807) is 0 Å². The van der Waals surface area contributed by atoms with E-state index < -0.39 is 0 Å². The Morgan fingerprint density at radius 2 is 1.77 bits per heavy atom. The summed E-state index contributed by atoms with van der Waals surface area (Å²) >= 11 is 5.92. The van der Waals surface area contributed by atoms with E-state index in [0.29, 0.717) is 19.0 Å². The number of rotatable bonds is 6. The Morgan fingerprint density at radius 3 is 2.50 bits per heavy atom. The van der Waals surface area contributed by atoms with E-state index in [4.69, 9.17) is 11.6 Å². The maximum absolute atomic E-state index is 12.7. The highest BCUT2D eigenvalue weighted by atomic mass is 35.5. The van der Waals surface area contributed by atoms with Crippen molar-refractivity contribution in [2.75, 3.05) is 24.5 Å². The molecule has 1 aromatic heterocycles. The molecule has 6 heteroatoms. The number of carbonyl (C=O) groups is 1. The molecule has 1 N–H and O–H groups in total. The van der Waals surface area contributed by atoms with Crippen molar-refractivity contribution in [2.45, 2.75) is 19.3 Å². The molecule has 30 heavy (non-hydrogen) atoms. The Labute approximate surface area is 182 Å². The number of anilines is 1. The van der Waals surface area contributed by atoms with Crippen LogP contribution in [0.1, 0.15) is 18.4 Å². The highest BCUT2D eigenvalue weighted by Crippen LogP contribution is 2.23. The number of amides is 1. The second-order valence-corrected chi connectivity index (χ2v) is 8.03. The molecule has 1 saturated heterocycles. The molecular weight excluding hydrogens is 396 g/mol. The van der Waals surface area contributed by atoms with E-state index >= 15 is 0 Å². The van der Waals surface area contributed by atoms with Crippen LogP contribution in [-0.4, -0.2) is 35.5 Å². The zero-order valence-corrected chi connectivity index (χ0v) is 17.6. The van der Waals surface area contributed by atoms with Gasteiger partial charge in [-0.1, -0.05) is 54.1 Å². The fourth-order valence-electron chi connectivity index (χ4n) is 3.76. The van der Waals surface area contributed by atoms with Gasteiger partial charge in [-0.2, -0.15) is 0 Å². The topological polar surface area (TPSA) is 58.1 Å². The monoisotopic (exact) mass is 420 g/mol. The third kappa shape index (κ3) is 5.16. The summed E-state index contributed by atoms with van der Waals surface area (Å²) in [5, 5.41) is 3.80. The molecule has 1 fully saturated rings. The van der Waals surface area contributed by atoms with Crippen molar-refractivity contribution < 1.29 is 4.79 Å². The SMILES string of the molecule is O=C(NCCc1ccc(Cl)cc1)[C@@H]1CCCN(c2ncc(-c3ccccc3)cn2)C1. The number of benzene rings is 2. The highest BCUT2D eigenvalue weighted by molar-refractivity contribution is 6.30. The molecular formula is C24H25ClN4O. The van der Waals surface area contributed by atoms with Crippen molar-refractivity contribution in [2.24, 2.45) is 5.92 Å². The van der Waals surface area contributed by atoms with Crippen LogP contribution in [0.25, 0.3) is 11.1 Å². The summed E-state index contributed by atoms with van der Waals surface area (Å²) < 4.78 is 0. The van der Waals surface area contributed by atoms with Crippen LogP contribution in [0.2, 0.25) is 5.02 Å². The first-order chi connectivity index (χ1) is 14.7. The minimum atomic E-state index is -0.0404. The third-order valence-electron chi connectivity index (χ3n) is 5.45. The Hall–Kier alpha value is -2.92. The lowest BCUT2D eigenvalue weighted by Gasteiger charge is -2.32. The van der Waals surface area contributed by atoms with Crippen LogP contribution >= 0.6 is 11.6 Å². The standard InChI is InChI=1S/C24H25ClN4O/c25-22-10-8-18(9-11-22)12-13-26-23(30)20-7-4-14-29(17-20)24-27-15-21(16-28-24)19-5-2-1-3-6-19/h1-3,5-6,8-11,15-16,20H,4,7,12-14,17H2,(H,26,30)/t20-/m1/s1. The smallest absolute Gasteiger partial charge is 0.225 e. The summed E-state index contributed by atoms with van der Waals surface area (Å²) in [7, 11) is 0. The van der Waals surface area contributed by atoms with E-state index in [1.807, 2.05) is 67.0 Å². The summed E-state index contributed by atoms with van der Waals surface area (Å²) in [6.07, 6.45) is 6.36. The van der Waals surface area contributed by atoms with Gasteiger partial charge in [0.15, 0.2) is 0 Å². The Bertz CT molecular complexity index is 961. The van der Waals surface area contributed by atoms with Crippen LogP contribution in [0, 0.1) is 5.92 Å². The van der Waals surface area contributed by atoms with Gasteiger partial charge in [-0.3, -0.25) is 4.79 Å². The average molecular weight is 421 g/mol. The van der Waals surface area contributed by atoms with Crippen LogP contribution < -0.4 is 10.2 Å². The maximum Gasteiger partial charge on any atom is 0.225 e. The zero-order valence-electron chi connectivity index (χ0n) is 16.8. The van der Waals surface area contributed by atoms with Gasteiger partial charge in [0.1, 0.15) is 0 Å². The van der Waals surface area contributed by atoms with Gasteiger partial charge in [-0.15, -0.1) is 0 Å². The van der Waals surface area contributed by atoms with Crippen LogP contribution in [0.15, 0.2) is 67.0 Å². The van der Waals surface area contributed by atoms with Crippen molar-refractivity contribution in [3.63, 3.8) is 0 Å². The third-order valence-corrected chi connectivity index (χ3v) is 5.70. The minimum Gasteiger partial charge on any atom is -0.355 e. The Kier molecular flexibility index (Phi) is 6.60. The van der Waals surface area contributed by atoms with Gasteiger partial charge < -0.3 is 10.2 Å². The fourth-order valence-corrected chi connectivity index (χ4v) is 3.89. The Morgan fingerprint density at radius 1 is 1.03 bits per heavy atom. The van der Waals surface area contributed by atoms with Crippen molar-refractivity contribution in [3.05, 3.63) is 77.6 Å². The molecule has 0 radical (unpaired) electrons. The molecule has 0 spiro atoms. The number of hydrogen-bond donors (Lipinski definition) is 1. The second kappa shape index (κ2) is 9.72. The van der Waals surface area contributed by atoms with Gasteiger partial charge in [0.05, 0.1) is 5.92 Å². The molecule has 2 heterocycles. The molecule has 4 rings (SSSR count). The molecule has 1 aliphatic rings. The van der Waals surface area contributed by atoms with E-state index in [1.165, 1.54) is 0 Å². The number of carbonyl (C=O) groups excluding carboxylic acids is 1. The molecule has 154 valence electrons. The second-order valence-electron chi connectivity index (χ2n) is 7.59. The Balaban J connectivity index is 1.31. The minimum absolute atomic E-state index is 0.0404. The molecule has 0 bridgehead atoms. The van der Waals surface area contributed by atoms with Gasteiger partial charge in [-0.05, 0) is 42.5 Å². The average Bonchev–Trinajstić information content (AvgIpc) is 2.81. The van der Waals surface area contributed by atoms with Gasteiger partial charge in [0, 0.05) is 42.6 Å². The predicted molar refractivity (Wildman–Crippen MR) is 121 cm³/mol. The first-order valence-electron chi connectivity index (χ1n) is 10.3. The summed E-state index contributed by atoms with van der Waals surface area (Å²) in [6, 6.07) is 17.8. The van der Waals surface area contributed by atoms with Crippen molar-refractivity contribution in [1.29, 1.82) is 0 Å². The van der Waals surface area contributed by atoms with Crippen molar-refractivity contribution in [3.8, 4) is 11.1 Å². The number of nitrogens with one attached hydrogen (secondary N) is 1. The van der Waals surface area contributed by atoms with Gasteiger partial charge in [-0.25, -0.2) is 9.97 Å². The molecule has 0 unspecified atom stereocenters. The molecule has 3 aromatic rings. The van der Waals surface area contributed by atoms with Crippen molar-refractivity contribution in [1.82, 2.24) is 15.3 Å². The summed E-state index contributed by atoms with van der Waals surface area (Å²) in [4.78, 5) is 23.9. The van der Waals surface area contributed by atoms with Crippen LogP contribution in [0.4, 0.5) is 5.95 Å². The lowest BCUT2D eigenvalue weighted by atomic mass is 9.97. The lowest BCUT2D eigenvalue weighted by Crippen LogP contribution is -2.44. The molecule has 0 aliphatic carbocycles. The van der Waals surface area contributed by atoms with Crippen LogP contribution in [-0.2, 0) is 11.2 Å². The van der Waals surface area contributed by atoms with Gasteiger partial charge in [0.2, 0.25) is 11.9 Å². The number of aromatic nitrogens is 2. The molecule has 2 aromatic carbocycles. The normalized spacial score (nSPS) is 16.3. The largest absolute Gasteiger partial charge is 0.355 e. The zero-order chi connectivity index (χ0) is 20.8. The molecule has 1 atom stereocenters. The number of piperidine rings is 1. The summed E-state index contributed by atoms with van der Waals surface area (Å²) in [6.45, 7) is 2.15. The van der Waals surface area contributed by atoms with Crippen molar-refractivity contribution >= 4 is 23.5 Å². The molecule has 1 amide bonds.